The summed E-state index contributed by atoms with van der Waals surface area (Å²) >= 11 is 0. The van der Waals surface area contributed by atoms with Gasteiger partial charge in [0.25, 0.3) is 0 Å². The number of hydrogen-bond donors (Lipinski definition) is 1. The molecule has 0 bridgehead atoms. The molecule has 0 aromatic carbocycles. The van der Waals surface area contributed by atoms with Gasteiger partial charge in [0.2, 0.25) is 5.91 Å². The number of hydrogen-bond acceptors (Lipinski definition) is 3. The van der Waals surface area contributed by atoms with E-state index in [-0.39, 0.29) is 12.5 Å². The standard InChI is InChI=1S/C8H15F3N2O2/c1-3-13(4-2)7(14)5-12-15-6-8(9,10)11/h12H,3-6H2,1-2H3. The molecular weight excluding hydrogens is 213 g/mol. The fourth-order valence-electron chi connectivity index (χ4n) is 0.934. The van der Waals surface area contributed by atoms with Crippen molar-refractivity contribution in [3.05, 3.63) is 0 Å². The monoisotopic (exact) mass is 228 g/mol. The van der Waals surface area contributed by atoms with Crippen molar-refractivity contribution in [2.75, 3.05) is 26.2 Å². The highest BCUT2D eigenvalue weighted by atomic mass is 19.4. The maximum Gasteiger partial charge on any atom is 0.413 e. The van der Waals surface area contributed by atoms with E-state index in [1.165, 1.54) is 4.90 Å². The molecule has 0 saturated carbocycles. The van der Waals surface area contributed by atoms with Gasteiger partial charge in [0.05, 0.1) is 0 Å². The summed E-state index contributed by atoms with van der Waals surface area (Å²) in [6, 6.07) is 0. The summed E-state index contributed by atoms with van der Waals surface area (Å²) in [4.78, 5) is 16.8. The molecule has 0 unspecified atom stereocenters. The fourth-order valence-corrected chi connectivity index (χ4v) is 0.934. The van der Waals surface area contributed by atoms with E-state index in [0.717, 1.165) is 0 Å². The van der Waals surface area contributed by atoms with Crippen LogP contribution in [0.1, 0.15) is 13.8 Å². The van der Waals surface area contributed by atoms with Gasteiger partial charge in [-0.1, -0.05) is 0 Å². The quantitative estimate of drug-likeness (QED) is 0.543. The number of carbonyl (C=O) groups excluding carboxylic acids is 1. The van der Waals surface area contributed by atoms with E-state index in [1.54, 1.807) is 13.8 Å². The Morgan fingerprint density at radius 1 is 1.33 bits per heavy atom. The molecule has 1 N–H and O–H groups in total. The van der Waals surface area contributed by atoms with Crippen molar-refractivity contribution >= 4 is 5.91 Å². The first-order valence-electron chi connectivity index (χ1n) is 4.59. The average Bonchev–Trinajstić information content (AvgIpc) is 2.13. The SMILES string of the molecule is CCN(CC)C(=O)CNOCC(F)(F)F. The lowest BCUT2D eigenvalue weighted by Crippen LogP contribution is -2.38. The van der Waals surface area contributed by atoms with Crippen LogP contribution in [0.3, 0.4) is 0 Å². The number of amides is 1. The van der Waals surface area contributed by atoms with Gasteiger partial charge < -0.3 is 4.90 Å². The van der Waals surface area contributed by atoms with Crippen LogP contribution < -0.4 is 5.48 Å². The summed E-state index contributed by atoms with van der Waals surface area (Å²) in [7, 11) is 0. The maximum atomic E-state index is 11.6. The number of halogens is 3. The Kier molecular flexibility index (Phi) is 6.26. The number of rotatable bonds is 6. The Balaban J connectivity index is 3.63. The van der Waals surface area contributed by atoms with Crippen molar-refractivity contribution in [1.29, 1.82) is 0 Å². The van der Waals surface area contributed by atoms with Gasteiger partial charge in [0, 0.05) is 13.1 Å². The number of hydroxylamine groups is 1. The third kappa shape index (κ3) is 7.15. The lowest BCUT2D eigenvalue weighted by atomic mass is 10.4. The molecule has 0 rings (SSSR count). The molecule has 0 spiro atoms. The highest BCUT2D eigenvalue weighted by Gasteiger charge is 2.27. The minimum absolute atomic E-state index is 0.252. The molecular formula is C8H15F3N2O2. The van der Waals surface area contributed by atoms with Crippen molar-refractivity contribution in [2.24, 2.45) is 0 Å². The molecule has 0 aliphatic heterocycles. The Morgan fingerprint density at radius 3 is 2.27 bits per heavy atom. The molecule has 0 fully saturated rings. The normalized spacial score (nSPS) is 11.5. The molecule has 1 amide bonds. The van der Waals surface area contributed by atoms with E-state index in [4.69, 9.17) is 0 Å². The van der Waals surface area contributed by atoms with Crippen LogP contribution >= 0.6 is 0 Å². The van der Waals surface area contributed by atoms with Crippen molar-refractivity contribution in [3.63, 3.8) is 0 Å². The van der Waals surface area contributed by atoms with Gasteiger partial charge in [-0.15, -0.1) is 0 Å². The lowest BCUT2D eigenvalue weighted by Gasteiger charge is -2.18. The summed E-state index contributed by atoms with van der Waals surface area (Å²) in [5.74, 6) is -0.290. The minimum atomic E-state index is -4.38. The average molecular weight is 228 g/mol. The molecule has 0 saturated heterocycles. The second-order valence-corrected chi connectivity index (χ2v) is 2.79. The summed E-state index contributed by atoms with van der Waals surface area (Å²) in [6.07, 6.45) is -4.38. The van der Waals surface area contributed by atoms with Crippen LogP contribution in [-0.2, 0) is 9.63 Å². The third-order valence-electron chi connectivity index (χ3n) is 1.68. The Hall–Kier alpha value is -0.820. The number of nitrogens with zero attached hydrogens (tertiary/aromatic N) is 1. The molecule has 0 radical (unpaired) electrons. The zero-order valence-electron chi connectivity index (χ0n) is 8.73. The highest BCUT2D eigenvalue weighted by molar-refractivity contribution is 5.78. The van der Waals surface area contributed by atoms with E-state index in [0.29, 0.717) is 13.1 Å². The number of likely N-dealkylation sites (N-methyl/N-ethyl adjacent to an activating group) is 1. The lowest BCUT2D eigenvalue weighted by molar-refractivity contribution is -0.190. The molecule has 90 valence electrons. The molecule has 0 aromatic rings. The predicted molar refractivity (Wildman–Crippen MR) is 47.9 cm³/mol. The van der Waals surface area contributed by atoms with Gasteiger partial charge in [-0.05, 0) is 13.8 Å². The summed E-state index contributed by atoms with van der Waals surface area (Å²) < 4.78 is 34.8. The van der Waals surface area contributed by atoms with Gasteiger partial charge in [-0.25, -0.2) is 0 Å². The molecule has 0 aliphatic rings. The van der Waals surface area contributed by atoms with Gasteiger partial charge in [-0.3, -0.25) is 9.63 Å². The topological polar surface area (TPSA) is 41.6 Å². The van der Waals surface area contributed by atoms with E-state index >= 15 is 0 Å². The smallest absolute Gasteiger partial charge is 0.342 e. The summed E-state index contributed by atoms with van der Waals surface area (Å²) in [5.41, 5.74) is 1.98. The molecule has 0 aliphatic carbocycles. The second-order valence-electron chi connectivity index (χ2n) is 2.79. The van der Waals surface area contributed by atoms with E-state index in [9.17, 15) is 18.0 Å². The number of carbonyl (C=O) groups is 1. The molecule has 4 nitrogen and oxygen atoms in total. The van der Waals surface area contributed by atoms with Gasteiger partial charge in [-0.2, -0.15) is 18.7 Å². The van der Waals surface area contributed by atoms with E-state index in [1.807, 2.05) is 5.48 Å². The number of alkyl halides is 3. The number of nitrogens with one attached hydrogen (secondary N) is 1. The Labute approximate surface area is 86.3 Å². The first-order valence-corrected chi connectivity index (χ1v) is 4.59. The van der Waals surface area contributed by atoms with Crippen molar-refractivity contribution in [2.45, 2.75) is 20.0 Å². The summed E-state index contributed by atoms with van der Waals surface area (Å²) in [6.45, 7) is 2.97. The first kappa shape index (κ1) is 14.2. The summed E-state index contributed by atoms with van der Waals surface area (Å²) in [5, 5.41) is 0. The Bertz CT molecular complexity index is 193. The van der Waals surface area contributed by atoms with Crippen molar-refractivity contribution in [1.82, 2.24) is 10.4 Å². The maximum absolute atomic E-state index is 11.6. The van der Waals surface area contributed by atoms with Crippen LogP contribution in [0.4, 0.5) is 13.2 Å². The highest BCUT2D eigenvalue weighted by Crippen LogP contribution is 2.13. The molecule has 0 atom stereocenters. The molecule has 0 aromatic heterocycles. The Morgan fingerprint density at radius 2 is 1.87 bits per heavy atom. The third-order valence-corrected chi connectivity index (χ3v) is 1.68. The zero-order chi connectivity index (χ0) is 11.9. The fraction of sp³-hybridized carbons (Fsp3) is 0.875. The van der Waals surface area contributed by atoms with Crippen molar-refractivity contribution in [3.8, 4) is 0 Å². The van der Waals surface area contributed by atoms with Crippen LogP contribution in [0.15, 0.2) is 0 Å². The zero-order valence-corrected chi connectivity index (χ0v) is 8.73. The predicted octanol–water partition coefficient (Wildman–Crippen LogP) is 0.938. The van der Waals surface area contributed by atoms with Crippen LogP contribution in [0.5, 0.6) is 0 Å². The van der Waals surface area contributed by atoms with Crippen LogP contribution in [-0.4, -0.2) is 43.2 Å². The molecule has 0 heterocycles. The van der Waals surface area contributed by atoms with Crippen LogP contribution in [0.25, 0.3) is 0 Å². The molecule has 7 heteroatoms. The largest absolute Gasteiger partial charge is 0.413 e. The van der Waals surface area contributed by atoms with E-state index in [2.05, 4.69) is 4.84 Å². The van der Waals surface area contributed by atoms with Crippen LogP contribution in [0.2, 0.25) is 0 Å². The second kappa shape index (κ2) is 6.62. The first-order chi connectivity index (χ1) is 6.90. The van der Waals surface area contributed by atoms with Crippen LogP contribution in [0, 0.1) is 0 Å². The minimum Gasteiger partial charge on any atom is -0.342 e. The molecule has 15 heavy (non-hydrogen) atoms. The van der Waals surface area contributed by atoms with E-state index < -0.39 is 12.8 Å². The van der Waals surface area contributed by atoms with Gasteiger partial charge >= 0.3 is 6.18 Å². The van der Waals surface area contributed by atoms with Gasteiger partial charge in [0.15, 0.2) is 6.61 Å². The van der Waals surface area contributed by atoms with Crippen molar-refractivity contribution < 1.29 is 22.8 Å². The van der Waals surface area contributed by atoms with Gasteiger partial charge in [0.1, 0.15) is 6.54 Å².